The normalized spacial score (nSPS) is 11.2. The van der Waals surface area contributed by atoms with Crippen LogP contribution in [-0.4, -0.2) is 32.2 Å². The van der Waals surface area contributed by atoms with E-state index < -0.39 is 0 Å². The number of hydrogen-bond acceptors (Lipinski definition) is 3. The molecule has 166 valence electrons. The maximum absolute atomic E-state index is 12.4. The van der Waals surface area contributed by atoms with Crippen molar-refractivity contribution in [1.29, 1.82) is 0 Å². The molecule has 0 aliphatic heterocycles. The molecule has 2 rings (SSSR count). The highest BCUT2D eigenvalue weighted by Gasteiger charge is 2.11. The lowest BCUT2D eigenvalue weighted by atomic mass is 10.0. The summed E-state index contributed by atoms with van der Waals surface area (Å²) in [6, 6.07) is 15.8. The standard InChI is InChI=1S/C26H34N2O3/c1-5-8-9-17-27-26(30)28(4)24-12-10-11-23(19-24)22-15-13-20(14-16-22)18-21(6-2)25(29)31-7-3/h10-16,18-19H,5-9,17H2,1-4H3,(H,27,30)/b21-18+. The molecule has 0 radical (unpaired) electrons. The number of ether oxygens (including phenoxy) is 1. The Morgan fingerprint density at radius 1 is 1.00 bits per heavy atom. The number of rotatable bonds is 10. The van der Waals surface area contributed by atoms with Gasteiger partial charge in [-0.25, -0.2) is 9.59 Å². The first-order chi connectivity index (χ1) is 15.0. The molecule has 1 N–H and O–H groups in total. The summed E-state index contributed by atoms with van der Waals surface area (Å²) >= 11 is 0. The van der Waals surface area contributed by atoms with Crippen LogP contribution in [0.1, 0.15) is 52.0 Å². The Balaban J connectivity index is 2.12. The molecule has 0 unspecified atom stereocenters. The van der Waals surface area contributed by atoms with Gasteiger partial charge in [0, 0.05) is 24.9 Å². The topological polar surface area (TPSA) is 58.6 Å². The fourth-order valence-electron chi connectivity index (χ4n) is 3.20. The highest BCUT2D eigenvalue weighted by Crippen LogP contribution is 2.25. The minimum absolute atomic E-state index is 0.0974. The van der Waals surface area contributed by atoms with E-state index in [-0.39, 0.29) is 12.0 Å². The van der Waals surface area contributed by atoms with Gasteiger partial charge in [-0.3, -0.25) is 4.90 Å². The molecule has 0 aromatic heterocycles. The molecule has 2 amide bonds. The summed E-state index contributed by atoms with van der Waals surface area (Å²) in [4.78, 5) is 26.0. The van der Waals surface area contributed by atoms with Gasteiger partial charge in [0.25, 0.3) is 0 Å². The van der Waals surface area contributed by atoms with Crippen LogP contribution < -0.4 is 10.2 Å². The lowest BCUT2D eigenvalue weighted by Crippen LogP contribution is -2.37. The number of nitrogens with one attached hydrogen (secondary N) is 1. The second-order valence-electron chi connectivity index (χ2n) is 7.41. The van der Waals surface area contributed by atoms with Crippen LogP contribution in [0.5, 0.6) is 0 Å². The molecule has 0 fully saturated rings. The van der Waals surface area contributed by atoms with Crippen molar-refractivity contribution in [3.8, 4) is 11.1 Å². The predicted molar refractivity (Wildman–Crippen MR) is 128 cm³/mol. The number of carbonyl (C=O) groups excluding carboxylic acids is 2. The van der Waals surface area contributed by atoms with Crippen molar-refractivity contribution in [2.75, 3.05) is 25.1 Å². The van der Waals surface area contributed by atoms with Gasteiger partial charge in [0.1, 0.15) is 0 Å². The van der Waals surface area contributed by atoms with Gasteiger partial charge < -0.3 is 10.1 Å². The van der Waals surface area contributed by atoms with Crippen LogP contribution in [0.2, 0.25) is 0 Å². The number of benzene rings is 2. The quantitative estimate of drug-likeness (QED) is 0.288. The Kier molecular flexibility index (Phi) is 9.82. The first kappa shape index (κ1) is 24.2. The van der Waals surface area contributed by atoms with Gasteiger partial charge >= 0.3 is 12.0 Å². The van der Waals surface area contributed by atoms with E-state index in [9.17, 15) is 9.59 Å². The fraction of sp³-hybridized carbons (Fsp3) is 0.385. The molecule has 0 bridgehead atoms. The third-order valence-electron chi connectivity index (χ3n) is 5.10. The largest absolute Gasteiger partial charge is 0.463 e. The number of hydrogen-bond donors (Lipinski definition) is 1. The average Bonchev–Trinajstić information content (AvgIpc) is 2.80. The first-order valence-electron chi connectivity index (χ1n) is 11.1. The smallest absolute Gasteiger partial charge is 0.333 e. The van der Waals surface area contributed by atoms with Crippen molar-refractivity contribution in [2.24, 2.45) is 0 Å². The van der Waals surface area contributed by atoms with Crippen LogP contribution >= 0.6 is 0 Å². The third-order valence-corrected chi connectivity index (χ3v) is 5.10. The van der Waals surface area contributed by atoms with Crippen molar-refractivity contribution in [2.45, 2.75) is 46.5 Å². The van der Waals surface area contributed by atoms with Gasteiger partial charge in [-0.05, 0) is 54.7 Å². The van der Waals surface area contributed by atoms with Gasteiger partial charge in [0.15, 0.2) is 0 Å². The Bertz CT molecular complexity index is 888. The molecule has 2 aromatic rings. The molecule has 5 nitrogen and oxygen atoms in total. The van der Waals surface area contributed by atoms with E-state index in [1.165, 1.54) is 0 Å². The lowest BCUT2D eigenvalue weighted by molar-refractivity contribution is -0.138. The monoisotopic (exact) mass is 422 g/mol. The third kappa shape index (κ3) is 7.28. The molecular weight excluding hydrogens is 388 g/mol. The van der Waals surface area contributed by atoms with E-state index in [4.69, 9.17) is 4.74 Å². The van der Waals surface area contributed by atoms with Crippen molar-refractivity contribution in [3.05, 3.63) is 59.7 Å². The van der Waals surface area contributed by atoms with Crippen LogP contribution in [0.4, 0.5) is 10.5 Å². The molecule has 0 atom stereocenters. The average molecular weight is 423 g/mol. The molecule has 31 heavy (non-hydrogen) atoms. The summed E-state index contributed by atoms with van der Waals surface area (Å²) in [5.41, 5.74) is 4.52. The summed E-state index contributed by atoms with van der Waals surface area (Å²) in [5, 5.41) is 2.97. The molecule has 0 saturated carbocycles. The van der Waals surface area contributed by atoms with Crippen LogP contribution in [0, 0.1) is 0 Å². The number of carbonyl (C=O) groups is 2. The van der Waals surface area contributed by atoms with E-state index >= 15 is 0 Å². The first-order valence-corrected chi connectivity index (χ1v) is 11.1. The highest BCUT2D eigenvalue weighted by atomic mass is 16.5. The Morgan fingerprint density at radius 3 is 2.39 bits per heavy atom. The van der Waals surface area contributed by atoms with E-state index in [0.29, 0.717) is 25.1 Å². The Labute approximate surface area is 186 Å². The van der Waals surface area contributed by atoms with Crippen molar-refractivity contribution < 1.29 is 14.3 Å². The Hall–Kier alpha value is -3.08. The minimum atomic E-state index is -0.266. The maximum Gasteiger partial charge on any atom is 0.333 e. The number of anilines is 1. The van der Waals surface area contributed by atoms with Gasteiger partial charge in [-0.2, -0.15) is 0 Å². The van der Waals surface area contributed by atoms with Crippen LogP contribution in [-0.2, 0) is 9.53 Å². The van der Waals surface area contributed by atoms with E-state index in [1.807, 2.05) is 68.5 Å². The number of urea groups is 1. The molecule has 0 saturated heterocycles. The number of amides is 2. The maximum atomic E-state index is 12.4. The van der Waals surface area contributed by atoms with Crippen molar-refractivity contribution in [3.63, 3.8) is 0 Å². The zero-order valence-corrected chi connectivity index (χ0v) is 19.1. The highest BCUT2D eigenvalue weighted by molar-refractivity contribution is 5.94. The zero-order valence-electron chi connectivity index (χ0n) is 19.1. The molecule has 2 aromatic carbocycles. The Morgan fingerprint density at radius 2 is 1.74 bits per heavy atom. The zero-order chi connectivity index (χ0) is 22.6. The second kappa shape index (κ2) is 12.6. The lowest BCUT2D eigenvalue weighted by Gasteiger charge is -2.19. The van der Waals surface area contributed by atoms with Crippen LogP contribution in [0.15, 0.2) is 54.1 Å². The van der Waals surface area contributed by atoms with E-state index in [1.54, 1.807) is 11.9 Å². The molecule has 0 spiro atoms. The second-order valence-corrected chi connectivity index (χ2v) is 7.41. The molecule has 0 aliphatic rings. The van der Waals surface area contributed by atoms with E-state index in [2.05, 4.69) is 12.2 Å². The van der Waals surface area contributed by atoms with E-state index in [0.717, 1.165) is 41.6 Å². The summed E-state index contributed by atoms with van der Waals surface area (Å²) in [6.07, 6.45) is 5.73. The van der Waals surface area contributed by atoms with Gasteiger partial charge in [-0.1, -0.05) is 63.1 Å². The van der Waals surface area contributed by atoms with Gasteiger partial charge in [0.05, 0.1) is 6.61 Å². The van der Waals surface area contributed by atoms with Crippen molar-refractivity contribution in [1.82, 2.24) is 5.32 Å². The molecule has 0 aliphatic carbocycles. The number of esters is 1. The predicted octanol–water partition coefficient (Wildman–Crippen LogP) is 6.05. The molecule has 5 heteroatoms. The summed E-state index contributed by atoms with van der Waals surface area (Å²) in [7, 11) is 1.78. The number of nitrogens with zero attached hydrogens (tertiary/aromatic N) is 1. The van der Waals surface area contributed by atoms with Crippen LogP contribution in [0.3, 0.4) is 0 Å². The number of unbranched alkanes of at least 4 members (excludes halogenated alkanes) is 2. The molecular formula is C26H34N2O3. The summed E-state index contributed by atoms with van der Waals surface area (Å²) in [5.74, 6) is -0.266. The van der Waals surface area contributed by atoms with Gasteiger partial charge in [0.2, 0.25) is 0 Å². The fourth-order valence-corrected chi connectivity index (χ4v) is 3.20. The minimum Gasteiger partial charge on any atom is -0.463 e. The summed E-state index contributed by atoms with van der Waals surface area (Å²) < 4.78 is 5.11. The molecule has 0 heterocycles. The van der Waals surface area contributed by atoms with Gasteiger partial charge in [-0.15, -0.1) is 0 Å². The summed E-state index contributed by atoms with van der Waals surface area (Å²) in [6.45, 7) is 6.96. The SMILES string of the molecule is CCCCCNC(=O)N(C)c1cccc(-c2ccc(/C=C(\CC)C(=O)OCC)cc2)c1. The van der Waals surface area contributed by atoms with Crippen molar-refractivity contribution >= 4 is 23.8 Å². The van der Waals surface area contributed by atoms with Crippen LogP contribution in [0.25, 0.3) is 17.2 Å².